The van der Waals surface area contributed by atoms with Crippen LogP contribution in [0.2, 0.25) is 0 Å². The number of rotatable bonds is 3. The van der Waals surface area contributed by atoms with E-state index < -0.39 is 0 Å². The van der Waals surface area contributed by atoms with Crippen molar-refractivity contribution in [1.29, 1.82) is 0 Å². The molecule has 0 unspecified atom stereocenters. The van der Waals surface area contributed by atoms with Gasteiger partial charge < -0.3 is 14.4 Å². The van der Waals surface area contributed by atoms with Crippen molar-refractivity contribution in [3.8, 4) is 11.5 Å². The molecule has 4 nitrogen and oxygen atoms in total. The topological polar surface area (TPSA) is 38.8 Å². The summed E-state index contributed by atoms with van der Waals surface area (Å²) in [6.45, 7) is 0.266. The van der Waals surface area contributed by atoms with Crippen LogP contribution in [0.1, 0.15) is 12.0 Å². The minimum Gasteiger partial charge on any atom is -0.454 e. The van der Waals surface area contributed by atoms with Crippen LogP contribution in [0.4, 0.5) is 0 Å². The number of halogens is 1. The highest BCUT2D eigenvalue weighted by Gasteiger charge is 2.16. The zero-order valence-corrected chi connectivity index (χ0v) is 11.4. The normalized spacial score (nSPS) is 12.6. The summed E-state index contributed by atoms with van der Waals surface area (Å²) < 4.78 is 11.5. The third kappa shape index (κ3) is 2.72. The lowest BCUT2D eigenvalue weighted by molar-refractivity contribution is -0.128. The second kappa shape index (κ2) is 4.96. The van der Waals surface area contributed by atoms with Gasteiger partial charge >= 0.3 is 0 Å². The predicted molar refractivity (Wildman–Crippen MR) is 67.3 cm³/mol. The van der Waals surface area contributed by atoms with Gasteiger partial charge in [-0.05, 0) is 24.1 Å². The lowest BCUT2D eigenvalue weighted by Gasteiger charge is -2.11. The molecule has 1 heterocycles. The van der Waals surface area contributed by atoms with Crippen LogP contribution in [0, 0.1) is 0 Å². The van der Waals surface area contributed by atoms with Crippen molar-refractivity contribution in [3.63, 3.8) is 0 Å². The molecule has 1 aromatic carbocycles. The standard InChI is InChI=1S/C12H14BrNO3/c1-14(2)12(15)4-3-8-5-10-11(6-9(8)13)17-7-16-10/h5-6H,3-4,7H2,1-2H3. The van der Waals surface area contributed by atoms with Gasteiger partial charge in [0.15, 0.2) is 11.5 Å². The zero-order valence-electron chi connectivity index (χ0n) is 9.83. The summed E-state index contributed by atoms with van der Waals surface area (Å²) in [5, 5.41) is 0. The maximum absolute atomic E-state index is 11.5. The second-order valence-corrected chi connectivity index (χ2v) is 4.94. The maximum Gasteiger partial charge on any atom is 0.231 e. The summed E-state index contributed by atoms with van der Waals surface area (Å²) in [4.78, 5) is 13.1. The monoisotopic (exact) mass is 299 g/mol. The molecule has 92 valence electrons. The molecular formula is C12H14BrNO3. The Kier molecular flexibility index (Phi) is 3.57. The van der Waals surface area contributed by atoms with Crippen molar-refractivity contribution >= 4 is 21.8 Å². The van der Waals surface area contributed by atoms with Gasteiger partial charge in [-0.2, -0.15) is 0 Å². The van der Waals surface area contributed by atoms with E-state index in [-0.39, 0.29) is 12.7 Å². The molecule has 0 aromatic heterocycles. The van der Waals surface area contributed by atoms with Crippen molar-refractivity contribution in [3.05, 3.63) is 22.2 Å². The van der Waals surface area contributed by atoms with Gasteiger partial charge in [0.05, 0.1) is 0 Å². The SMILES string of the molecule is CN(C)C(=O)CCc1cc2c(cc1Br)OCO2. The Morgan fingerprint density at radius 1 is 1.35 bits per heavy atom. The average Bonchev–Trinajstić information content (AvgIpc) is 2.72. The summed E-state index contributed by atoms with van der Waals surface area (Å²) in [6, 6.07) is 3.81. The van der Waals surface area contributed by atoms with Crippen LogP contribution in [-0.2, 0) is 11.2 Å². The van der Waals surface area contributed by atoms with Gasteiger partial charge in [0.1, 0.15) is 0 Å². The fourth-order valence-electron chi connectivity index (χ4n) is 1.62. The van der Waals surface area contributed by atoms with E-state index in [1.807, 2.05) is 12.1 Å². The van der Waals surface area contributed by atoms with E-state index >= 15 is 0 Å². The van der Waals surface area contributed by atoms with Crippen LogP contribution < -0.4 is 9.47 Å². The number of aryl methyl sites for hydroxylation is 1. The van der Waals surface area contributed by atoms with Crippen LogP contribution in [0.15, 0.2) is 16.6 Å². The lowest BCUT2D eigenvalue weighted by atomic mass is 10.1. The van der Waals surface area contributed by atoms with Crippen LogP contribution >= 0.6 is 15.9 Å². The highest BCUT2D eigenvalue weighted by Crippen LogP contribution is 2.37. The fraction of sp³-hybridized carbons (Fsp3) is 0.417. The number of benzene rings is 1. The van der Waals surface area contributed by atoms with Crippen LogP contribution in [0.5, 0.6) is 11.5 Å². The molecule has 2 rings (SSSR count). The largest absolute Gasteiger partial charge is 0.454 e. The van der Waals surface area contributed by atoms with Gasteiger partial charge in [-0.1, -0.05) is 15.9 Å². The molecule has 0 N–H and O–H groups in total. The minimum atomic E-state index is 0.120. The first kappa shape index (κ1) is 12.2. The van der Waals surface area contributed by atoms with E-state index in [9.17, 15) is 4.79 Å². The first-order valence-corrected chi connectivity index (χ1v) is 6.15. The summed E-state index contributed by atoms with van der Waals surface area (Å²) in [7, 11) is 3.52. The molecule has 1 amide bonds. The molecule has 0 atom stereocenters. The number of carbonyl (C=O) groups excluding carboxylic acids is 1. The van der Waals surface area contributed by atoms with E-state index in [2.05, 4.69) is 15.9 Å². The number of nitrogens with zero attached hydrogens (tertiary/aromatic N) is 1. The van der Waals surface area contributed by atoms with Gasteiger partial charge in [-0.25, -0.2) is 0 Å². The average molecular weight is 300 g/mol. The molecule has 0 saturated heterocycles. The van der Waals surface area contributed by atoms with E-state index in [0.29, 0.717) is 12.8 Å². The molecule has 0 saturated carbocycles. The predicted octanol–water partition coefficient (Wildman–Crippen LogP) is 2.20. The van der Waals surface area contributed by atoms with Gasteiger partial charge in [0, 0.05) is 25.0 Å². The van der Waals surface area contributed by atoms with Crippen LogP contribution in [0.3, 0.4) is 0 Å². The molecule has 0 fully saturated rings. The van der Waals surface area contributed by atoms with Crippen LogP contribution in [0.25, 0.3) is 0 Å². The first-order chi connectivity index (χ1) is 8.08. The van der Waals surface area contributed by atoms with Crippen molar-refractivity contribution in [2.24, 2.45) is 0 Å². The fourth-order valence-corrected chi connectivity index (χ4v) is 2.14. The molecule has 0 bridgehead atoms. The summed E-state index contributed by atoms with van der Waals surface area (Å²) in [5.41, 5.74) is 1.06. The summed E-state index contributed by atoms with van der Waals surface area (Å²) >= 11 is 3.48. The number of fused-ring (bicyclic) bond motifs is 1. The third-order valence-corrected chi connectivity index (χ3v) is 3.39. The van der Waals surface area contributed by atoms with Gasteiger partial charge in [-0.3, -0.25) is 4.79 Å². The minimum absolute atomic E-state index is 0.120. The molecule has 0 radical (unpaired) electrons. The molecule has 5 heteroatoms. The molecule has 1 aliphatic heterocycles. The number of hydrogen-bond donors (Lipinski definition) is 0. The Labute approximate surface area is 109 Å². The van der Waals surface area contributed by atoms with E-state index in [1.165, 1.54) is 0 Å². The van der Waals surface area contributed by atoms with Gasteiger partial charge in [0.2, 0.25) is 12.7 Å². The van der Waals surface area contributed by atoms with Crippen molar-refractivity contribution in [1.82, 2.24) is 4.90 Å². The number of hydrogen-bond acceptors (Lipinski definition) is 3. The molecule has 17 heavy (non-hydrogen) atoms. The van der Waals surface area contributed by atoms with Crippen LogP contribution in [-0.4, -0.2) is 31.7 Å². The Morgan fingerprint density at radius 2 is 2.00 bits per heavy atom. The van der Waals surface area contributed by atoms with Crippen molar-refractivity contribution in [2.45, 2.75) is 12.8 Å². The van der Waals surface area contributed by atoms with E-state index in [4.69, 9.17) is 9.47 Å². The molecule has 0 spiro atoms. The zero-order chi connectivity index (χ0) is 12.4. The third-order valence-electron chi connectivity index (χ3n) is 2.65. The quantitative estimate of drug-likeness (QED) is 0.859. The van der Waals surface area contributed by atoms with Crippen molar-refractivity contribution < 1.29 is 14.3 Å². The number of ether oxygens (including phenoxy) is 2. The van der Waals surface area contributed by atoms with Gasteiger partial charge in [-0.15, -0.1) is 0 Å². The summed E-state index contributed by atoms with van der Waals surface area (Å²) in [6.07, 6.45) is 1.18. The molecule has 1 aromatic rings. The second-order valence-electron chi connectivity index (χ2n) is 4.09. The molecule has 1 aliphatic rings. The van der Waals surface area contributed by atoms with E-state index in [0.717, 1.165) is 21.5 Å². The highest BCUT2D eigenvalue weighted by molar-refractivity contribution is 9.10. The Hall–Kier alpha value is -1.23. The first-order valence-electron chi connectivity index (χ1n) is 5.36. The van der Waals surface area contributed by atoms with E-state index in [1.54, 1.807) is 19.0 Å². The number of amides is 1. The van der Waals surface area contributed by atoms with Crippen molar-refractivity contribution in [2.75, 3.05) is 20.9 Å². The Morgan fingerprint density at radius 3 is 2.65 bits per heavy atom. The number of carbonyl (C=O) groups is 1. The summed E-state index contributed by atoms with van der Waals surface area (Å²) in [5.74, 6) is 1.62. The van der Waals surface area contributed by atoms with Gasteiger partial charge in [0.25, 0.3) is 0 Å². The Balaban J connectivity index is 2.09. The Bertz CT molecular complexity index is 446. The molecule has 0 aliphatic carbocycles. The highest BCUT2D eigenvalue weighted by atomic mass is 79.9. The molecular weight excluding hydrogens is 286 g/mol. The lowest BCUT2D eigenvalue weighted by Crippen LogP contribution is -2.21. The maximum atomic E-state index is 11.5. The smallest absolute Gasteiger partial charge is 0.231 e.